The molecule has 3 nitrogen and oxygen atoms in total. The molecular weight excluding hydrogens is 321 g/mol. The van der Waals surface area contributed by atoms with Crippen molar-refractivity contribution in [1.82, 2.24) is 0 Å². The van der Waals surface area contributed by atoms with E-state index in [0.29, 0.717) is 17.4 Å². The first-order valence-corrected chi connectivity index (χ1v) is 7.56. The molecule has 2 atom stereocenters. The molecule has 2 aliphatic carbocycles. The fourth-order valence-corrected chi connectivity index (χ4v) is 3.66. The predicted molar refractivity (Wildman–Crippen MR) is 81.6 cm³/mol. The van der Waals surface area contributed by atoms with Crippen molar-refractivity contribution in [1.29, 1.82) is 0 Å². The highest BCUT2D eigenvalue weighted by Gasteiger charge is 2.38. The van der Waals surface area contributed by atoms with Crippen LogP contribution in [-0.4, -0.2) is 22.1 Å². The monoisotopic (exact) mass is 334 g/mol. The minimum absolute atomic E-state index is 0.0179. The molecule has 2 aromatic carbocycles. The van der Waals surface area contributed by atoms with Crippen molar-refractivity contribution in [3.8, 4) is 0 Å². The largest absolute Gasteiger partial charge is 0.417 e. The highest BCUT2D eigenvalue weighted by atomic mass is 19.4. The number of halogens is 3. The fraction of sp³-hybridized carbons (Fsp3) is 0.278. The topological polar surface area (TPSA) is 57.5 Å². The first-order valence-electron chi connectivity index (χ1n) is 7.56. The van der Waals surface area contributed by atoms with Crippen LogP contribution in [0.5, 0.6) is 0 Å². The molecule has 0 aromatic heterocycles. The lowest BCUT2D eigenvalue weighted by atomic mass is 9.85. The normalized spacial score (nSPS) is 22.8. The molecule has 24 heavy (non-hydrogen) atoms. The average Bonchev–Trinajstić information content (AvgIpc) is 2.90. The number of hydrogen-bond donors (Lipinski definition) is 2. The van der Waals surface area contributed by atoms with Crippen LogP contribution in [0.25, 0.3) is 16.8 Å². The standard InChI is InChI=1S/C18H13F3O3/c19-18(20,21)13-7-12-8(3-5-14(12)22)9-1-2-11-10(16(9)13)4-6-15(23)17(11)24/h1-2,4,6-7,15,17,23-24H,3,5H2/t15-,17-/m0/s1. The average molecular weight is 334 g/mol. The van der Waals surface area contributed by atoms with Crippen molar-refractivity contribution < 1.29 is 28.2 Å². The number of ketones is 1. The SMILES string of the molecule is O=C1CCc2c1cc(C(F)(F)F)c1c3c(ccc21)[C@H](O)[C@@H](O)C=C3. The van der Waals surface area contributed by atoms with E-state index in [1.807, 2.05) is 0 Å². The summed E-state index contributed by atoms with van der Waals surface area (Å²) in [6, 6.07) is 3.97. The van der Waals surface area contributed by atoms with Gasteiger partial charge in [0.2, 0.25) is 0 Å². The Bertz CT molecular complexity index is 912. The molecule has 0 fully saturated rings. The predicted octanol–water partition coefficient (Wildman–Crippen LogP) is 3.41. The molecular formula is C18H13F3O3. The van der Waals surface area contributed by atoms with Crippen molar-refractivity contribution in [2.75, 3.05) is 0 Å². The molecule has 6 heteroatoms. The Balaban J connectivity index is 2.16. The number of aryl methyl sites for hydroxylation is 1. The van der Waals surface area contributed by atoms with Crippen LogP contribution in [-0.2, 0) is 12.6 Å². The van der Waals surface area contributed by atoms with Crippen LogP contribution in [0.2, 0.25) is 0 Å². The number of carbonyl (C=O) groups is 1. The summed E-state index contributed by atoms with van der Waals surface area (Å²) in [5, 5.41) is 20.2. The van der Waals surface area contributed by atoms with E-state index in [1.54, 1.807) is 0 Å². The molecule has 0 radical (unpaired) electrons. The van der Waals surface area contributed by atoms with Crippen molar-refractivity contribution in [3.05, 3.63) is 52.1 Å². The van der Waals surface area contributed by atoms with Crippen molar-refractivity contribution in [2.24, 2.45) is 0 Å². The molecule has 0 saturated carbocycles. The Morgan fingerprint density at radius 1 is 1.12 bits per heavy atom. The zero-order valence-electron chi connectivity index (χ0n) is 12.4. The van der Waals surface area contributed by atoms with Crippen molar-refractivity contribution >= 4 is 22.6 Å². The van der Waals surface area contributed by atoms with Crippen LogP contribution in [0, 0.1) is 0 Å². The Labute approximate surface area is 135 Å². The molecule has 124 valence electrons. The van der Waals surface area contributed by atoms with Gasteiger partial charge in [0, 0.05) is 17.4 Å². The Kier molecular flexibility index (Phi) is 3.14. The van der Waals surface area contributed by atoms with Crippen molar-refractivity contribution in [3.63, 3.8) is 0 Å². The lowest BCUT2D eigenvalue weighted by Crippen LogP contribution is -2.20. The lowest BCUT2D eigenvalue weighted by molar-refractivity contribution is -0.136. The number of alkyl halides is 3. The summed E-state index contributed by atoms with van der Waals surface area (Å²) < 4.78 is 40.8. The smallest absolute Gasteiger partial charge is 0.386 e. The second kappa shape index (κ2) is 4.91. The van der Waals surface area contributed by atoms with E-state index in [1.165, 1.54) is 24.3 Å². The fourth-order valence-electron chi connectivity index (χ4n) is 3.66. The lowest BCUT2D eigenvalue weighted by Gasteiger charge is -2.25. The third-order valence-electron chi connectivity index (χ3n) is 4.80. The quantitative estimate of drug-likeness (QED) is 0.776. The molecule has 2 aliphatic rings. The number of aliphatic hydroxyl groups is 2. The molecule has 0 aliphatic heterocycles. The van der Waals surface area contributed by atoms with Gasteiger partial charge in [0.15, 0.2) is 5.78 Å². The maximum Gasteiger partial charge on any atom is 0.417 e. The van der Waals surface area contributed by atoms with Crippen LogP contribution in [0.15, 0.2) is 24.3 Å². The molecule has 0 amide bonds. The molecule has 2 aromatic rings. The van der Waals surface area contributed by atoms with Crippen LogP contribution in [0.4, 0.5) is 13.2 Å². The summed E-state index contributed by atoms with van der Waals surface area (Å²) in [6.07, 6.45) is -3.74. The first-order chi connectivity index (χ1) is 11.3. The number of benzene rings is 2. The molecule has 2 N–H and O–H groups in total. The number of Topliss-reactive ketones (excluding diaryl/α,β-unsaturated/α-hetero) is 1. The van der Waals surface area contributed by atoms with Gasteiger partial charge in [-0.05, 0) is 34.6 Å². The number of hydrogen-bond acceptors (Lipinski definition) is 3. The zero-order valence-corrected chi connectivity index (χ0v) is 12.4. The van der Waals surface area contributed by atoms with Gasteiger partial charge in [0.05, 0.1) is 5.56 Å². The highest BCUT2D eigenvalue weighted by Crippen LogP contribution is 2.44. The van der Waals surface area contributed by atoms with E-state index in [4.69, 9.17) is 0 Å². The second-order valence-electron chi connectivity index (χ2n) is 6.16. The zero-order chi connectivity index (χ0) is 17.2. The van der Waals surface area contributed by atoms with Gasteiger partial charge < -0.3 is 10.2 Å². The Morgan fingerprint density at radius 3 is 2.58 bits per heavy atom. The van der Waals surface area contributed by atoms with Gasteiger partial charge in [-0.2, -0.15) is 13.2 Å². The summed E-state index contributed by atoms with van der Waals surface area (Å²) in [4.78, 5) is 11.9. The molecule has 0 spiro atoms. The minimum atomic E-state index is -4.62. The number of fused-ring (bicyclic) bond motifs is 5. The molecule has 0 saturated heterocycles. The maximum absolute atomic E-state index is 13.6. The van der Waals surface area contributed by atoms with Crippen LogP contribution >= 0.6 is 0 Å². The molecule has 0 unspecified atom stereocenters. The van der Waals surface area contributed by atoms with Gasteiger partial charge in [0.1, 0.15) is 12.2 Å². The first kappa shape index (κ1) is 15.4. The third-order valence-corrected chi connectivity index (χ3v) is 4.80. The molecule has 0 heterocycles. The van der Waals surface area contributed by atoms with Gasteiger partial charge in [-0.25, -0.2) is 0 Å². The Hall–Kier alpha value is -2.18. The summed E-state index contributed by atoms with van der Waals surface area (Å²) in [7, 11) is 0. The van der Waals surface area contributed by atoms with E-state index >= 15 is 0 Å². The highest BCUT2D eigenvalue weighted by molar-refractivity contribution is 6.08. The summed E-state index contributed by atoms with van der Waals surface area (Å²) in [6.45, 7) is 0. The van der Waals surface area contributed by atoms with E-state index in [-0.39, 0.29) is 34.3 Å². The second-order valence-corrected chi connectivity index (χ2v) is 6.16. The summed E-state index contributed by atoms with van der Waals surface area (Å²) in [5.74, 6) is -0.277. The summed E-state index contributed by atoms with van der Waals surface area (Å²) >= 11 is 0. The number of carbonyl (C=O) groups excluding carboxylic acids is 1. The van der Waals surface area contributed by atoms with Gasteiger partial charge >= 0.3 is 6.18 Å². The number of rotatable bonds is 0. The molecule has 0 bridgehead atoms. The van der Waals surface area contributed by atoms with Gasteiger partial charge in [-0.15, -0.1) is 0 Å². The van der Waals surface area contributed by atoms with Gasteiger partial charge in [0.25, 0.3) is 0 Å². The van der Waals surface area contributed by atoms with Crippen molar-refractivity contribution in [2.45, 2.75) is 31.2 Å². The van der Waals surface area contributed by atoms with E-state index in [0.717, 1.165) is 6.07 Å². The van der Waals surface area contributed by atoms with Gasteiger partial charge in [-0.3, -0.25) is 4.79 Å². The van der Waals surface area contributed by atoms with Crippen LogP contribution in [0.1, 0.15) is 45.1 Å². The number of aliphatic hydroxyl groups excluding tert-OH is 2. The Morgan fingerprint density at radius 2 is 1.88 bits per heavy atom. The van der Waals surface area contributed by atoms with E-state index < -0.39 is 23.9 Å². The third kappa shape index (κ3) is 2.03. The van der Waals surface area contributed by atoms with Gasteiger partial charge in [-0.1, -0.05) is 24.3 Å². The molecule has 4 rings (SSSR count). The van der Waals surface area contributed by atoms with E-state index in [9.17, 15) is 28.2 Å². The van der Waals surface area contributed by atoms with Crippen LogP contribution in [0.3, 0.4) is 0 Å². The van der Waals surface area contributed by atoms with Crippen LogP contribution < -0.4 is 0 Å². The van der Waals surface area contributed by atoms with E-state index in [2.05, 4.69) is 0 Å². The summed E-state index contributed by atoms with van der Waals surface area (Å²) in [5.41, 5.74) is 0.388. The maximum atomic E-state index is 13.6. The minimum Gasteiger partial charge on any atom is -0.386 e.